The predicted octanol–water partition coefficient (Wildman–Crippen LogP) is 2.98. The first-order valence-electron chi connectivity index (χ1n) is 16.5. The zero-order valence-corrected chi connectivity index (χ0v) is 27.5. The van der Waals surface area contributed by atoms with E-state index in [0.29, 0.717) is 23.3 Å². The van der Waals surface area contributed by atoms with Gasteiger partial charge in [0, 0.05) is 36.1 Å². The van der Waals surface area contributed by atoms with E-state index in [4.69, 9.17) is 9.47 Å². The van der Waals surface area contributed by atoms with Crippen molar-refractivity contribution >= 4 is 11.8 Å². The molecule has 274 valence electrons. The van der Waals surface area contributed by atoms with Crippen molar-refractivity contribution in [2.75, 3.05) is 0 Å². The number of aliphatic hydroxyl groups excluding tert-OH is 4. The number of aliphatic hydroxyl groups is 4. The van der Waals surface area contributed by atoms with Crippen molar-refractivity contribution in [2.45, 2.75) is 74.8 Å². The molecule has 6 rings (SSSR count). The lowest BCUT2D eigenvalue weighted by Gasteiger charge is -2.32. The molecule has 0 saturated carbocycles. The van der Waals surface area contributed by atoms with Gasteiger partial charge in [0.25, 0.3) is 11.8 Å². The number of ether oxygens (including phenoxy) is 2. The molecule has 4 aromatic carbocycles. The smallest absolute Gasteiger partial charge is 0.252 e. The maximum Gasteiger partial charge on any atom is 0.252 e. The summed E-state index contributed by atoms with van der Waals surface area (Å²) in [5.41, 5.74) is 2.25. The van der Waals surface area contributed by atoms with Crippen molar-refractivity contribution in [3.05, 3.63) is 142 Å². The van der Waals surface area contributed by atoms with Crippen LogP contribution in [0.3, 0.4) is 0 Å². The van der Waals surface area contributed by atoms with Crippen molar-refractivity contribution in [3.63, 3.8) is 0 Å². The van der Waals surface area contributed by atoms with Gasteiger partial charge < -0.3 is 40.5 Å². The second-order valence-electron chi connectivity index (χ2n) is 12.8. The number of carbonyl (C=O) groups is 2. The first kappa shape index (κ1) is 37.1. The number of benzene rings is 4. The van der Waals surface area contributed by atoms with Crippen molar-refractivity contribution < 1.29 is 57.1 Å². The average Bonchev–Trinajstić information content (AvgIpc) is 3.60. The molecule has 6 N–H and O–H groups in total. The molecular weight excluding hydrogens is 688 g/mol. The van der Waals surface area contributed by atoms with Crippen LogP contribution in [0.15, 0.2) is 84.9 Å². The van der Waals surface area contributed by atoms with E-state index in [1.165, 1.54) is 0 Å². The number of nitrogens with one attached hydrogen (secondary N) is 2. The van der Waals surface area contributed by atoms with Gasteiger partial charge in [-0.3, -0.25) is 9.59 Å². The van der Waals surface area contributed by atoms with Crippen molar-refractivity contribution in [2.24, 2.45) is 0 Å². The molecule has 0 bridgehead atoms. The molecule has 1 unspecified atom stereocenters. The van der Waals surface area contributed by atoms with Gasteiger partial charge >= 0.3 is 0 Å². The van der Waals surface area contributed by atoms with Crippen LogP contribution in [-0.4, -0.2) is 68.9 Å². The van der Waals surface area contributed by atoms with E-state index in [1.807, 2.05) is 0 Å². The van der Waals surface area contributed by atoms with Crippen LogP contribution in [0, 0.1) is 23.3 Å². The fourth-order valence-electron chi connectivity index (χ4n) is 6.62. The Bertz CT molecular complexity index is 1790. The molecule has 2 amide bonds. The first-order valence-corrected chi connectivity index (χ1v) is 16.5. The topological polar surface area (TPSA) is 158 Å². The van der Waals surface area contributed by atoms with E-state index >= 15 is 0 Å². The molecule has 2 aliphatic carbocycles. The molecule has 14 heteroatoms. The Labute approximate surface area is 295 Å². The van der Waals surface area contributed by atoms with Gasteiger partial charge in [0.1, 0.15) is 35.5 Å². The second kappa shape index (κ2) is 15.9. The number of rotatable bonds is 13. The zero-order valence-electron chi connectivity index (χ0n) is 27.5. The van der Waals surface area contributed by atoms with Gasteiger partial charge in [0.05, 0.1) is 37.5 Å². The van der Waals surface area contributed by atoms with E-state index in [1.54, 1.807) is 48.5 Å². The van der Waals surface area contributed by atoms with Crippen LogP contribution in [0.5, 0.6) is 0 Å². The minimum absolute atomic E-state index is 0.199. The van der Waals surface area contributed by atoms with Crippen molar-refractivity contribution in [3.8, 4) is 0 Å². The lowest BCUT2D eigenvalue weighted by Crippen LogP contribution is -2.57. The highest BCUT2D eigenvalue weighted by atomic mass is 19.1. The van der Waals surface area contributed by atoms with Gasteiger partial charge in [-0.2, -0.15) is 0 Å². The fraction of sp³-hybridized carbons (Fsp3) is 0.316. The van der Waals surface area contributed by atoms with Crippen LogP contribution < -0.4 is 10.6 Å². The highest BCUT2D eigenvalue weighted by molar-refractivity contribution is 5.84. The van der Waals surface area contributed by atoms with Gasteiger partial charge in [-0.1, -0.05) is 60.7 Å². The zero-order chi connectivity index (χ0) is 37.1. The fourth-order valence-corrected chi connectivity index (χ4v) is 6.62. The van der Waals surface area contributed by atoms with E-state index < -0.39 is 97.0 Å². The number of halogens is 4. The van der Waals surface area contributed by atoms with Crippen LogP contribution in [0.25, 0.3) is 0 Å². The lowest BCUT2D eigenvalue weighted by atomic mass is 9.99. The van der Waals surface area contributed by atoms with Gasteiger partial charge in [0.2, 0.25) is 0 Å². The summed E-state index contributed by atoms with van der Waals surface area (Å²) in [6.07, 6.45) is -10.5. The largest absolute Gasteiger partial charge is 0.390 e. The normalized spacial score (nSPS) is 21.5. The lowest BCUT2D eigenvalue weighted by molar-refractivity contribution is -0.171. The van der Waals surface area contributed by atoms with E-state index in [9.17, 15) is 47.6 Å². The predicted molar refractivity (Wildman–Crippen MR) is 176 cm³/mol. The molecule has 0 spiro atoms. The Morgan fingerprint density at radius 1 is 0.635 bits per heavy atom. The van der Waals surface area contributed by atoms with Crippen LogP contribution in [0.2, 0.25) is 0 Å². The van der Waals surface area contributed by atoms with Gasteiger partial charge in [-0.15, -0.1) is 0 Å². The number of amides is 2. The van der Waals surface area contributed by atoms with E-state index in [2.05, 4.69) is 10.6 Å². The third-order valence-corrected chi connectivity index (χ3v) is 9.36. The molecule has 0 aromatic heterocycles. The number of hydrogen-bond donors (Lipinski definition) is 6. The van der Waals surface area contributed by atoms with Gasteiger partial charge in [-0.25, -0.2) is 17.6 Å². The molecule has 0 heterocycles. The third kappa shape index (κ3) is 8.02. The first-order chi connectivity index (χ1) is 24.9. The van der Waals surface area contributed by atoms with Crippen LogP contribution >= 0.6 is 0 Å². The maximum atomic E-state index is 14.6. The standard InChI is InChI=1S/C38H36F4N2O8/c39-23-11-9-21(27(41)15-23)17-51-35(37(49)43-31-25-7-3-1-5-19(25)13-29(31)45)33(47)34(48)36(52-18-22-10-12-24(40)16-28(22)42)38(50)44-32-26-8-4-2-6-20(26)14-30(32)46/h1-12,15-16,29-36,45-48H,13-14,17-18H2,(H,43,49)(H,44,50)/t29-,30-,31+,32?,33-,34-,35-,36-/m1/s1. The van der Waals surface area contributed by atoms with Crippen LogP contribution in [0.4, 0.5) is 17.6 Å². The van der Waals surface area contributed by atoms with E-state index in [0.717, 1.165) is 35.4 Å². The van der Waals surface area contributed by atoms with E-state index in [-0.39, 0.29) is 24.0 Å². The van der Waals surface area contributed by atoms with Crippen LogP contribution in [-0.2, 0) is 45.1 Å². The summed E-state index contributed by atoms with van der Waals surface area (Å²) in [7, 11) is 0. The highest BCUT2D eigenvalue weighted by Crippen LogP contribution is 2.33. The Balaban J connectivity index is 1.29. The minimum Gasteiger partial charge on any atom is -0.390 e. The molecule has 2 aliphatic rings. The second-order valence-corrected chi connectivity index (χ2v) is 12.8. The van der Waals surface area contributed by atoms with Crippen LogP contribution in [0.1, 0.15) is 45.5 Å². The monoisotopic (exact) mass is 724 g/mol. The van der Waals surface area contributed by atoms with Crippen molar-refractivity contribution in [1.82, 2.24) is 10.6 Å². The summed E-state index contributed by atoms with van der Waals surface area (Å²) < 4.78 is 67.7. The maximum absolute atomic E-state index is 14.6. The molecular formula is C38H36F4N2O8. The Morgan fingerprint density at radius 2 is 1.02 bits per heavy atom. The number of carbonyl (C=O) groups excluding carboxylic acids is 2. The summed E-state index contributed by atoms with van der Waals surface area (Å²) in [5.74, 6) is -5.94. The van der Waals surface area contributed by atoms with Gasteiger partial charge in [0.15, 0.2) is 12.2 Å². The third-order valence-electron chi connectivity index (χ3n) is 9.36. The number of hydrogen-bond acceptors (Lipinski definition) is 8. The summed E-state index contributed by atoms with van der Waals surface area (Å²) in [6, 6.07) is 17.0. The molecule has 0 saturated heterocycles. The molecule has 10 nitrogen and oxygen atoms in total. The summed E-state index contributed by atoms with van der Waals surface area (Å²) >= 11 is 0. The minimum atomic E-state index is -2.30. The summed E-state index contributed by atoms with van der Waals surface area (Å²) in [4.78, 5) is 27.7. The Kier molecular flexibility index (Phi) is 11.3. The summed E-state index contributed by atoms with van der Waals surface area (Å²) in [5, 5.41) is 49.9. The molecule has 52 heavy (non-hydrogen) atoms. The SMILES string of the molecule is O=C(NC1c2ccccc2C[C@H]1O)[C@H](OCc1ccc(F)cc1F)[C@H](O)[C@@H](O)[C@@H](OCc1ccc(F)cc1F)C(=O)N[C@H]1c2ccccc2C[C@H]1O. The molecule has 0 aliphatic heterocycles. The Hall–Kier alpha value is -4.70. The average molecular weight is 725 g/mol. The Morgan fingerprint density at radius 3 is 1.40 bits per heavy atom. The molecule has 0 radical (unpaired) electrons. The molecule has 0 fully saturated rings. The summed E-state index contributed by atoms with van der Waals surface area (Å²) in [6.45, 7) is -1.41. The van der Waals surface area contributed by atoms with Gasteiger partial charge in [-0.05, 0) is 34.4 Å². The highest BCUT2D eigenvalue weighted by Gasteiger charge is 2.44. The van der Waals surface area contributed by atoms with Crippen molar-refractivity contribution in [1.29, 1.82) is 0 Å². The number of fused-ring (bicyclic) bond motifs is 2. The molecule has 4 aromatic rings. The molecule has 8 atom stereocenters. The quantitative estimate of drug-likeness (QED) is 0.115.